The molecule has 1 aliphatic rings. The van der Waals surface area contributed by atoms with Crippen LogP contribution in [0, 0.1) is 18.7 Å². The molecule has 0 unspecified atom stereocenters. The molecule has 0 saturated carbocycles. The Morgan fingerprint density at radius 1 is 0.974 bits per heavy atom. The highest BCUT2D eigenvalue weighted by atomic mass is 19.1. The van der Waals surface area contributed by atoms with E-state index >= 15 is 0 Å². The van der Waals surface area contributed by atoms with Crippen molar-refractivity contribution in [3.8, 4) is 0 Å². The largest absolute Gasteiger partial charge is 0.365 e. The first-order valence-corrected chi connectivity index (χ1v) is 13.4. The van der Waals surface area contributed by atoms with E-state index in [1.165, 1.54) is 12.1 Å². The number of fused-ring (bicyclic) bond motifs is 1. The highest BCUT2D eigenvalue weighted by Crippen LogP contribution is 2.25. The maximum Gasteiger partial charge on any atom is 0.227 e. The summed E-state index contributed by atoms with van der Waals surface area (Å²) < 4.78 is 13.1. The third-order valence-electron chi connectivity index (χ3n) is 7.20. The molecule has 3 aromatic carbocycles. The fourth-order valence-electron chi connectivity index (χ4n) is 4.90. The van der Waals surface area contributed by atoms with Crippen LogP contribution in [0.5, 0.6) is 0 Å². The fourth-order valence-corrected chi connectivity index (χ4v) is 4.90. The zero-order valence-electron chi connectivity index (χ0n) is 22.7. The number of hydrogen-bond donors (Lipinski definition) is 2. The maximum atomic E-state index is 13.1. The van der Waals surface area contributed by atoms with E-state index in [0.29, 0.717) is 12.5 Å². The second-order valence-corrected chi connectivity index (χ2v) is 10.5. The van der Waals surface area contributed by atoms with Gasteiger partial charge in [0.15, 0.2) is 0 Å². The molecular formula is C31H35FN6O. The normalized spacial score (nSPS) is 14.4. The number of rotatable bonds is 8. The van der Waals surface area contributed by atoms with Crippen molar-refractivity contribution in [3.63, 3.8) is 0 Å². The molecule has 0 spiro atoms. The summed E-state index contributed by atoms with van der Waals surface area (Å²) in [5.74, 6) is 1.31. The molecule has 39 heavy (non-hydrogen) atoms. The lowest BCUT2D eigenvalue weighted by Crippen LogP contribution is -2.37. The molecule has 2 N–H and O–H groups in total. The number of anilines is 3. The molecule has 1 aromatic heterocycles. The molecule has 4 aromatic rings. The summed E-state index contributed by atoms with van der Waals surface area (Å²) >= 11 is 0. The minimum atomic E-state index is -0.216. The lowest BCUT2D eigenvalue weighted by molar-refractivity contribution is -0.121. The second-order valence-electron chi connectivity index (χ2n) is 10.5. The first-order valence-electron chi connectivity index (χ1n) is 13.4. The minimum Gasteiger partial charge on any atom is -0.365 e. The zero-order chi connectivity index (χ0) is 27.4. The summed E-state index contributed by atoms with van der Waals surface area (Å²) in [7, 11) is 3.87. The Labute approximate surface area is 229 Å². The van der Waals surface area contributed by atoms with Gasteiger partial charge in [0.2, 0.25) is 11.9 Å². The molecule has 0 atom stereocenters. The fraction of sp³-hybridized carbons (Fsp3) is 0.323. The number of carbonyl (C=O) groups excluding carboxylic acids is 1. The number of carbonyl (C=O) groups is 1. The summed E-state index contributed by atoms with van der Waals surface area (Å²) in [6.07, 6.45) is 1.63. The number of halogens is 1. The van der Waals surface area contributed by atoms with E-state index in [9.17, 15) is 9.18 Å². The molecule has 8 heteroatoms. The predicted molar refractivity (Wildman–Crippen MR) is 155 cm³/mol. The quantitative estimate of drug-likeness (QED) is 0.311. The number of nitrogens with zero attached hydrogens (tertiary/aromatic N) is 4. The van der Waals surface area contributed by atoms with Gasteiger partial charge in [-0.2, -0.15) is 4.98 Å². The van der Waals surface area contributed by atoms with E-state index in [2.05, 4.69) is 45.6 Å². The molecule has 1 fully saturated rings. The van der Waals surface area contributed by atoms with Crippen LogP contribution >= 0.6 is 0 Å². The molecule has 7 nitrogen and oxygen atoms in total. The average molecular weight is 527 g/mol. The van der Waals surface area contributed by atoms with Crippen LogP contribution in [-0.2, 0) is 17.9 Å². The van der Waals surface area contributed by atoms with Gasteiger partial charge in [0.05, 0.1) is 5.52 Å². The Kier molecular flexibility index (Phi) is 8.02. The van der Waals surface area contributed by atoms with Crippen LogP contribution in [-0.4, -0.2) is 48.0 Å². The molecule has 202 valence electrons. The van der Waals surface area contributed by atoms with Crippen molar-refractivity contribution in [2.45, 2.75) is 32.9 Å². The average Bonchev–Trinajstić information content (AvgIpc) is 2.93. The molecule has 1 saturated heterocycles. The van der Waals surface area contributed by atoms with Crippen LogP contribution in [0.4, 0.5) is 21.8 Å². The first kappa shape index (κ1) is 26.6. The third kappa shape index (κ3) is 6.70. The van der Waals surface area contributed by atoms with Crippen molar-refractivity contribution in [2.75, 3.05) is 42.7 Å². The van der Waals surface area contributed by atoms with Gasteiger partial charge in [-0.1, -0.05) is 30.3 Å². The van der Waals surface area contributed by atoms with Crippen LogP contribution in [0.3, 0.4) is 0 Å². The number of hydrogen-bond acceptors (Lipinski definition) is 6. The van der Waals surface area contributed by atoms with Gasteiger partial charge in [-0.25, -0.2) is 9.37 Å². The molecule has 0 aliphatic carbocycles. The second kappa shape index (κ2) is 11.8. The van der Waals surface area contributed by atoms with Crippen LogP contribution in [0.2, 0.25) is 0 Å². The summed E-state index contributed by atoms with van der Waals surface area (Å²) in [5, 5.41) is 7.54. The number of benzene rings is 3. The van der Waals surface area contributed by atoms with Crippen LogP contribution in [0.15, 0.2) is 66.7 Å². The lowest BCUT2D eigenvalue weighted by Gasteiger charge is -2.31. The lowest BCUT2D eigenvalue weighted by atomic mass is 9.95. The van der Waals surface area contributed by atoms with E-state index in [-0.39, 0.29) is 17.6 Å². The number of aryl methyl sites for hydroxylation is 1. The Bertz CT molecular complexity index is 1430. The molecule has 2 heterocycles. The number of nitrogens with one attached hydrogen (secondary N) is 2. The predicted octanol–water partition coefficient (Wildman–Crippen LogP) is 5.61. The first-order chi connectivity index (χ1) is 18.8. The number of likely N-dealkylation sites (tertiary alicyclic amines) is 1. The molecule has 1 amide bonds. The molecule has 1 aliphatic heterocycles. The maximum absolute atomic E-state index is 13.1. The summed E-state index contributed by atoms with van der Waals surface area (Å²) in [6.45, 7) is 5.15. The smallest absolute Gasteiger partial charge is 0.227 e. The molecule has 5 rings (SSSR count). The Balaban J connectivity index is 1.14. The van der Waals surface area contributed by atoms with Crippen molar-refractivity contribution in [2.24, 2.45) is 5.92 Å². The Morgan fingerprint density at radius 2 is 1.67 bits per heavy atom. The minimum absolute atomic E-state index is 0.00335. The van der Waals surface area contributed by atoms with Crippen molar-refractivity contribution in [1.82, 2.24) is 14.9 Å². The van der Waals surface area contributed by atoms with E-state index in [4.69, 9.17) is 4.98 Å². The van der Waals surface area contributed by atoms with Crippen molar-refractivity contribution in [3.05, 3.63) is 89.2 Å². The molecule has 0 bridgehead atoms. The van der Waals surface area contributed by atoms with Gasteiger partial charge in [-0.05, 0) is 85.9 Å². The van der Waals surface area contributed by atoms with Gasteiger partial charge < -0.3 is 15.5 Å². The third-order valence-corrected chi connectivity index (χ3v) is 7.20. The van der Waals surface area contributed by atoms with Gasteiger partial charge in [-0.3, -0.25) is 9.69 Å². The Hall–Kier alpha value is -4.04. The van der Waals surface area contributed by atoms with Crippen LogP contribution in [0.1, 0.15) is 29.5 Å². The van der Waals surface area contributed by atoms with Crippen molar-refractivity contribution >= 4 is 34.3 Å². The summed E-state index contributed by atoms with van der Waals surface area (Å²) in [5.41, 5.74) is 5.05. The number of aromatic nitrogens is 2. The monoisotopic (exact) mass is 526 g/mol. The van der Waals surface area contributed by atoms with E-state index in [1.54, 1.807) is 0 Å². The standard InChI is InChI=1S/C31H35FN6O/c1-21-4-13-27-28(18-21)35-31(37(2)3)36-29(27)33-19-22-7-11-26(12-8-22)34-30(39)24-14-16-38(17-15-24)20-23-5-9-25(32)10-6-23/h4-13,18,24H,14-17,19-20H2,1-3H3,(H,34,39)(H,33,35,36). The molecular weight excluding hydrogens is 491 g/mol. The topological polar surface area (TPSA) is 73.4 Å². The SMILES string of the molecule is Cc1ccc2c(NCc3ccc(NC(=O)C4CCN(Cc5ccc(F)cc5)CC4)cc3)nc(N(C)C)nc2c1. The van der Waals surface area contributed by atoms with Gasteiger partial charge in [-0.15, -0.1) is 0 Å². The highest BCUT2D eigenvalue weighted by molar-refractivity contribution is 5.92. The number of piperidine rings is 1. The van der Waals surface area contributed by atoms with E-state index in [0.717, 1.165) is 71.6 Å². The molecule has 0 radical (unpaired) electrons. The summed E-state index contributed by atoms with van der Waals surface area (Å²) in [4.78, 5) is 26.5. The highest BCUT2D eigenvalue weighted by Gasteiger charge is 2.25. The number of amides is 1. The van der Waals surface area contributed by atoms with Gasteiger partial charge >= 0.3 is 0 Å². The van der Waals surface area contributed by atoms with Gasteiger partial charge in [0.1, 0.15) is 11.6 Å². The van der Waals surface area contributed by atoms with Crippen LogP contribution < -0.4 is 15.5 Å². The van der Waals surface area contributed by atoms with Crippen molar-refractivity contribution in [1.29, 1.82) is 0 Å². The summed E-state index contributed by atoms with van der Waals surface area (Å²) in [6, 6.07) is 20.8. The Morgan fingerprint density at radius 3 is 2.36 bits per heavy atom. The van der Waals surface area contributed by atoms with Crippen LogP contribution in [0.25, 0.3) is 10.9 Å². The van der Waals surface area contributed by atoms with E-state index < -0.39 is 0 Å². The zero-order valence-corrected chi connectivity index (χ0v) is 22.7. The van der Waals surface area contributed by atoms with Gasteiger partial charge in [0, 0.05) is 44.2 Å². The van der Waals surface area contributed by atoms with Crippen molar-refractivity contribution < 1.29 is 9.18 Å². The van der Waals surface area contributed by atoms with Gasteiger partial charge in [0.25, 0.3) is 0 Å². The van der Waals surface area contributed by atoms with E-state index in [1.807, 2.05) is 55.4 Å².